The molecule has 1 atom stereocenters. The SMILES string of the molecule is CCCCC(Cl)C(=O)Nc1nc[nH]c(=O)c1Cc1ccc(-c2ccccc2)c(C(=O)OC)c1. The summed E-state index contributed by atoms with van der Waals surface area (Å²) in [5.74, 6) is -0.734. The number of hydrogen-bond donors (Lipinski definition) is 2. The summed E-state index contributed by atoms with van der Waals surface area (Å²) in [6, 6.07) is 14.8. The normalized spacial score (nSPS) is 11.6. The smallest absolute Gasteiger partial charge is 0.338 e. The highest BCUT2D eigenvalue weighted by atomic mass is 35.5. The third-order valence-corrected chi connectivity index (χ3v) is 5.66. The van der Waals surface area contributed by atoms with Gasteiger partial charge in [-0.2, -0.15) is 0 Å². The monoisotopic (exact) mass is 467 g/mol. The summed E-state index contributed by atoms with van der Waals surface area (Å²) in [7, 11) is 1.32. The predicted octanol–water partition coefficient (Wildman–Crippen LogP) is 4.55. The fourth-order valence-electron chi connectivity index (χ4n) is 3.46. The molecule has 0 aliphatic heterocycles. The van der Waals surface area contributed by atoms with E-state index in [1.165, 1.54) is 13.4 Å². The van der Waals surface area contributed by atoms with Gasteiger partial charge in [0.1, 0.15) is 11.2 Å². The molecule has 0 saturated carbocycles. The second-order valence-electron chi connectivity index (χ2n) is 7.57. The molecule has 0 spiro atoms. The minimum Gasteiger partial charge on any atom is -0.465 e. The molecule has 172 valence electrons. The quantitative estimate of drug-likeness (QED) is 0.355. The number of anilines is 1. The fourth-order valence-corrected chi connectivity index (χ4v) is 3.67. The summed E-state index contributed by atoms with van der Waals surface area (Å²) in [6.07, 6.45) is 3.66. The minimum atomic E-state index is -0.713. The van der Waals surface area contributed by atoms with E-state index in [0.29, 0.717) is 17.5 Å². The molecule has 2 aromatic carbocycles. The van der Waals surface area contributed by atoms with Gasteiger partial charge >= 0.3 is 5.97 Å². The number of carbonyl (C=O) groups excluding carboxylic acids is 2. The van der Waals surface area contributed by atoms with Crippen LogP contribution >= 0.6 is 11.6 Å². The number of amides is 1. The van der Waals surface area contributed by atoms with Crippen LogP contribution in [-0.2, 0) is 16.0 Å². The summed E-state index contributed by atoms with van der Waals surface area (Å²) in [5, 5.41) is 1.96. The lowest BCUT2D eigenvalue weighted by molar-refractivity contribution is -0.116. The molecular weight excluding hydrogens is 442 g/mol. The van der Waals surface area contributed by atoms with Crippen LogP contribution in [0.1, 0.15) is 47.7 Å². The van der Waals surface area contributed by atoms with Crippen molar-refractivity contribution in [1.29, 1.82) is 0 Å². The fraction of sp³-hybridized carbons (Fsp3) is 0.280. The first kappa shape index (κ1) is 24.2. The van der Waals surface area contributed by atoms with Crippen molar-refractivity contribution < 1.29 is 14.3 Å². The Hall–Kier alpha value is -3.45. The molecule has 1 aromatic heterocycles. The van der Waals surface area contributed by atoms with E-state index in [4.69, 9.17) is 16.3 Å². The number of aromatic nitrogens is 2. The van der Waals surface area contributed by atoms with Gasteiger partial charge in [-0.3, -0.25) is 9.59 Å². The highest BCUT2D eigenvalue weighted by Gasteiger charge is 2.20. The van der Waals surface area contributed by atoms with Crippen molar-refractivity contribution in [2.45, 2.75) is 38.0 Å². The van der Waals surface area contributed by atoms with E-state index in [1.54, 1.807) is 6.07 Å². The number of ether oxygens (including phenoxy) is 1. The van der Waals surface area contributed by atoms with Crippen molar-refractivity contribution >= 4 is 29.3 Å². The molecule has 0 radical (unpaired) electrons. The van der Waals surface area contributed by atoms with E-state index in [0.717, 1.165) is 24.0 Å². The number of nitrogens with zero attached hydrogens (tertiary/aromatic N) is 1. The van der Waals surface area contributed by atoms with E-state index < -0.39 is 17.3 Å². The average molecular weight is 468 g/mol. The van der Waals surface area contributed by atoms with Crippen LogP contribution in [0.2, 0.25) is 0 Å². The standard InChI is InChI=1S/C25H26ClN3O4/c1-3-4-10-21(26)24(31)29-22-20(23(30)28-15-27-22)14-16-11-12-18(17-8-6-5-7-9-17)19(13-16)25(32)33-2/h5-9,11-13,15,21H,3-4,10,14H2,1-2H3,(H2,27,28,29,30,31). The van der Waals surface area contributed by atoms with E-state index in [1.807, 2.05) is 49.4 Å². The third-order valence-electron chi connectivity index (χ3n) is 5.24. The van der Waals surface area contributed by atoms with Crippen molar-refractivity contribution in [3.8, 4) is 11.1 Å². The molecule has 3 aromatic rings. The molecule has 7 nitrogen and oxygen atoms in total. The first-order chi connectivity index (χ1) is 15.9. The number of esters is 1. The molecule has 1 unspecified atom stereocenters. The van der Waals surface area contributed by atoms with Crippen molar-refractivity contribution in [2.24, 2.45) is 0 Å². The Morgan fingerprint density at radius 2 is 1.94 bits per heavy atom. The zero-order valence-electron chi connectivity index (χ0n) is 18.6. The average Bonchev–Trinajstić information content (AvgIpc) is 2.84. The maximum absolute atomic E-state index is 12.6. The van der Waals surface area contributed by atoms with Crippen molar-refractivity contribution in [3.05, 3.63) is 81.9 Å². The molecule has 0 aliphatic rings. The molecule has 1 amide bonds. The molecule has 3 rings (SSSR count). The van der Waals surface area contributed by atoms with Crippen LogP contribution in [0.5, 0.6) is 0 Å². The summed E-state index contributed by atoms with van der Waals surface area (Å²) >= 11 is 6.18. The van der Waals surface area contributed by atoms with Gasteiger partial charge in [0, 0.05) is 6.42 Å². The van der Waals surface area contributed by atoms with Crippen LogP contribution < -0.4 is 10.9 Å². The lowest BCUT2D eigenvalue weighted by Crippen LogP contribution is -2.27. The first-order valence-corrected chi connectivity index (χ1v) is 11.2. The third kappa shape index (κ3) is 6.08. The Balaban J connectivity index is 1.93. The summed E-state index contributed by atoms with van der Waals surface area (Å²) in [6.45, 7) is 2.02. The largest absolute Gasteiger partial charge is 0.465 e. The van der Waals surface area contributed by atoms with Crippen LogP contribution in [-0.4, -0.2) is 34.3 Å². The highest BCUT2D eigenvalue weighted by Crippen LogP contribution is 2.27. The van der Waals surface area contributed by atoms with Gasteiger partial charge in [0.15, 0.2) is 0 Å². The van der Waals surface area contributed by atoms with Gasteiger partial charge in [0.05, 0.1) is 24.6 Å². The molecule has 0 aliphatic carbocycles. The van der Waals surface area contributed by atoms with Crippen LogP contribution in [0.25, 0.3) is 11.1 Å². The minimum absolute atomic E-state index is 0.151. The number of methoxy groups -OCH3 is 1. The molecule has 0 fully saturated rings. The molecular formula is C25H26ClN3O4. The van der Waals surface area contributed by atoms with E-state index in [9.17, 15) is 14.4 Å². The Kier molecular flexibility index (Phi) is 8.38. The van der Waals surface area contributed by atoms with E-state index in [2.05, 4.69) is 15.3 Å². The molecule has 8 heteroatoms. The molecule has 0 bridgehead atoms. The topological polar surface area (TPSA) is 101 Å². The summed E-state index contributed by atoms with van der Waals surface area (Å²) in [4.78, 5) is 44.2. The summed E-state index contributed by atoms with van der Waals surface area (Å²) < 4.78 is 4.97. The Morgan fingerprint density at radius 1 is 1.18 bits per heavy atom. The number of rotatable bonds is 9. The lowest BCUT2D eigenvalue weighted by Gasteiger charge is -2.14. The zero-order valence-corrected chi connectivity index (χ0v) is 19.3. The highest BCUT2D eigenvalue weighted by molar-refractivity contribution is 6.32. The number of halogens is 1. The second kappa shape index (κ2) is 11.4. The van der Waals surface area contributed by atoms with Gasteiger partial charge in [-0.25, -0.2) is 9.78 Å². The van der Waals surface area contributed by atoms with Crippen molar-refractivity contribution in [3.63, 3.8) is 0 Å². The first-order valence-electron chi connectivity index (χ1n) is 10.7. The van der Waals surface area contributed by atoms with Gasteiger partial charge in [-0.05, 0) is 29.2 Å². The van der Waals surface area contributed by atoms with E-state index >= 15 is 0 Å². The van der Waals surface area contributed by atoms with Crippen molar-refractivity contribution in [1.82, 2.24) is 9.97 Å². The number of alkyl halides is 1. The molecule has 2 N–H and O–H groups in total. The van der Waals surface area contributed by atoms with Gasteiger partial charge in [-0.1, -0.05) is 62.2 Å². The van der Waals surface area contributed by atoms with Gasteiger partial charge in [0.2, 0.25) is 5.91 Å². The van der Waals surface area contributed by atoms with Crippen LogP contribution in [0.15, 0.2) is 59.7 Å². The lowest BCUT2D eigenvalue weighted by atomic mass is 9.95. The number of aromatic amines is 1. The maximum atomic E-state index is 12.6. The number of carbonyl (C=O) groups is 2. The van der Waals surface area contributed by atoms with Crippen LogP contribution in [0.4, 0.5) is 5.82 Å². The van der Waals surface area contributed by atoms with Gasteiger partial charge in [0.25, 0.3) is 5.56 Å². The second-order valence-corrected chi connectivity index (χ2v) is 8.10. The zero-order chi connectivity index (χ0) is 23.8. The maximum Gasteiger partial charge on any atom is 0.338 e. The number of unbranched alkanes of at least 4 members (excludes halogenated alkanes) is 1. The number of hydrogen-bond acceptors (Lipinski definition) is 5. The Bertz CT molecular complexity index is 1180. The number of nitrogens with one attached hydrogen (secondary N) is 2. The number of H-pyrrole nitrogens is 1. The number of benzene rings is 2. The molecule has 0 saturated heterocycles. The predicted molar refractivity (Wildman–Crippen MR) is 129 cm³/mol. The summed E-state index contributed by atoms with van der Waals surface area (Å²) in [5.41, 5.74) is 2.56. The van der Waals surface area contributed by atoms with Gasteiger partial charge in [-0.15, -0.1) is 11.6 Å². The Labute approximate surface area is 197 Å². The molecule has 1 heterocycles. The van der Waals surface area contributed by atoms with Gasteiger partial charge < -0.3 is 15.0 Å². The Morgan fingerprint density at radius 3 is 2.64 bits per heavy atom. The van der Waals surface area contributed by atoms with E-state index in [-0.39, 0.29) is 23.4 Å². The van der Waals surface area contributed by atoms with Crippen LogP contribution in [0, 0.1) is 0 Å². The molecule has 33 heavy (non-hydrogen) atoms. The van der Waals surface area contributed by atoms with Crippen LogP contribution in [0.3, 0.4) is 0 Å². The van der Waals surface area contributed by atoms with Crippen molar-refractivity contribution in [2.75, 3.05) is 12.4 Å².